The molecule has 1 aliphatic carbocycles. The highest BCUT2D eigenvalue weighted by Gasteiger charge is 2.28. The van der Waals surface area contributed by atoms with Crippen molar-refractivity contribution in [3.8, 4) is 0 Å². The predicted octanol–water partition coefficient (Wildman–Crippen LogP) is 2.86. The Morgan fingerprint density at radius 3 is 2.58 bits per heavy atom. The van der Waals surface area contributed by atoms with Crippen molar-refractivity contribution in [2.45, 2.75) is 71.8 Å². The van der Waals surface area contributed by atoms with Gasteiger partial charge in [-0.05, 0) is 76.1 Å². The minimum atomic E-state index is -0.547. The van der Waals surface area contributed by atoms with Gasteiger partial charge in [0.15, 0.2) is 5.65 Å². The number of likely N-dealkylation sites (tertiary alicyclic amines) is 1. The summed E-state index contributed by atoms with van der Waals surface area (Å²) in [4.78, 5) is 48.0. The number of unbranched alkanes of at least 4 members (excludes halogenated alkanes) is 1. The number of aromatic nitrogens is 3. The van der Waals surface area contributed by atoms with E-state index in [0.717, 1.165) is 43.8 Å². The lowest BCUT2D eigenvalue weighted by molar-refractivity contribution is 0.0953. The second-order valence-corrected chi connectivity index (χ2v) is 10.3. The number of nitrogens with zero attached hydrogens (tertiary/aromatic N) is 3. The molecule has 1 aliphatic heterocycles. The van der Waals surface area contributed by atoms with E-state index in [1.165, 1.54) is 30.5 Å². The largest absolute Gasteiger partial charge is 0.352 e. The molecule has 0 atom stereocenters. The van der Waals surface area contributed by atoms with Crippen LogP contribution in [0.3, 0.4) is 0 Å². The lowest BCUT2D eigenvalue weighted by Gasteiger charge is -2.30. The van der Waals surface area contributed by atoms with Gasteiger partial charge in [-0.1, -0.05) is 20.8 Å². The minimum absolute atomic E-state index is 0.198. The number of carbonyl (C=O) groups is 1. The third kappa shape index (κ3) is 5.72. The zero-order chi connectivity index (χ0) is 23.5. The molecule has 0 radical (unpaired) electrons. The second-order valence-electron chi connectivity index (χ2n) is 10.3. The molecule has 8 heteroatoms. The van der Waals surface area contributed by atoms with E-state index in [0.29, 0.717) is 30.2 Å². The zero-order valence-corrected chi connectivity index (χ0v) is 20.2. The highest BCUT2D eigenvalue weighted by atomic mass is 16.2. The van der Waals surface area contributed by atoms with Gasteiger partial charge in [0.05, 0.1) is 10.9 Å². The third-order valence-electron chi connectivity index (χ3n) is 6.82. The summed E-state index contributed by atoms with van der Waals surface area (Å²) in [5.74, 6) is 1.06. The monoisotopic (exact) mass is 455 g/mol. The fraction of sp³-hybridized carbons (Fsp3) is 0.680. The Hall–Kier alpha value is -2.48. The van der Waals surface area contributed by atoms with Crippen LogP contribution in [0.4, 0.5) is 0 Å². The highest BCUT2D eigenvalue weighted by Crippen LogP contribution is 2.39. The number of hydrogen-bond acceptors (Lipinski definition) is 5. The van der Waals surface area contributed by atoms with Gasteiger partial charge in [0.25, 0.3) is 11.5 Å². The van der Waals surface area contributed by atoms with Crippen molar-refractivity contribution in [2.24, 2.45) is 11.8 Å². The van der Waals surface area contributed by atoms with Crippen molar-refractivity contribution < 1.29 is 4.79 Å². The first-order valence-electron chi connectivity index (χ1n) is 12.5. The van der Waals surface area contributed by atoms with Crippen LogP contribution in [-0.2, 0) is 6.54 Å². The topological polar surface area (TPSA) is 100 Å². The molecule has 0 aromatic carbocycles. The third-order valence-corrected chi connectivity index (χ3v) is 6.82. The van der Waals surface area contributed by atoms with Crippen LogP contribution in [0.2, 0.25) is 0 Å². The summed E-state index contributed by atoms with van der Waals surface area (Å²) in [7, 11) is 0. The summed E-state index contributed by atoms with van der Waals surface area (Å²) >= 11 is 0. The Kier molecular flexibility index (Phi) is 7.32. The molecule has 1 amide bonds. The maximum absolute atomic E-state index is 13.1. The fourth-order valence-corrected chi connectivity index (χ4v) is 4.64. The number of rotatable bonds is 9. The number of aromatic amines is 1. The van der Waals surface area contributed by atoms with Crippen LogP contribution in [0.15, 0.2) is 15.7 Å². The fourth-order valence-electron chi connectivity index (χ4n) is 4.64. The van der Waals surface area contributed by atoms with Crippen LogP contribution in [0, 0.1) is 11.8 Å². The molecule has 2 aromatic rings. The van der Waals surface area contributed by atoms with Crippen molar-refractivity contribution in [3.05, 3.63) is 38.2 Å². The van der Waals surface area contributed by atoms with E-state index in [1.54, 1.807) is 6.07 Å². The molecule has 2 fully saturated rings. The van der Waals surface area contributed by atoms with E-state index in [-0.39, 0.29) is 17.2 Å². The summed E-state index contributed by atoms with van der Waals surface area (Å²) in [5, 5.41) is 3.21. The maximum atomic E-state index is 13.1. The minimum Gasteiger partial charge on any atom is -0.352 e. The Bertz CT molecular complexity index is 1110. The number of carbonyl (C=O) groups excluding carboxylic acids is 1. The van der Waals surface area contributed by atoms with Crippen LogP contribution in [0.25, 0.3) is 11.0 Å². The molecule has 4 rings (SSSR count). The van der Waals surface area contributed by atoms with E-state index < -0.39 is 11.2 Å². The average Bonchev–Trinajstić information content (AvgIpc) is 3.62. The van der Waals surface area contributed by atoms with Gasteiger partial charge in [-0.25, -0.2) is 9.78 Å². The molecule has 0 spiro atoms. The molecule has 2 aliphatic rings. The van der Waals surface area contributed by atoms with Gasteiger partial charge in [-0.15, -0.1) is 0 Å². The predicted molar refractivity (Wildman–Crippen MR) is 130 cm³/mol. The Morgan fingerprint density at radius 1 is 1.18 bits per heavy atom. The van der Waals surface area contributed by atoms with Crippen molar-refractivity contribution in [3.63, 3.8) is 0 Å². The molecule has 3 heterocycles. The summed E-state index contributed by atoms with van der Waals surface area (Å²) in [6.45, 7) is 10.7. The summed E-state index contributed by atoms with van der Waals surface area (Å²) in [6, 6.07) is 1.75. The summed E-state index contributed by atoms with van der Waals surface area (Å²) < 4.78 is 1.50. The van der Waals surface area contributed by atoms with E-state index in [4.69, 9.17) is 0 Å². The molecular formula is C25H37N5O3. The van der Waals surface area contributed by atoms with E-state index in [2.05, 4.69) is 27.1 Å². The molecule has 0 unspecified atom stereocenters. The lowest BCUT2D eigenvalue weighted by Crippen LogP contribution is -2.35. The Morgan fingerprint density at radius 2 is 1.91 bits per heavy atom. The van der Waals surface area contributed by atoms with Gasteiger partial charge in [-0.3, -0.25) is 19.1 Å². The zero-order valence-electron chi connectivity index (χ0n) is 20.2. The maximum Gasteiger partial charge on any atom is 0.330 e. The van der Waals surface area contributed by atoms with Gasteiger partial charge in [0.1, 0.15) is 0 Å². The van der Waals surface area contributed by atoms with E-state index in [1.807, 2.05) is 13.8 Å². The molecule has 2 aromatic heterocycles. The van der Waals surface area contributed by atoms with Crippen molar-refractivity contribution in [2.75, 3.05) is 26.2 Å². The first-order valence-corrected chi connectivity index (χ1v) is 12.5. The average molecular weight is 456 g/mol. The Balaban J connectivity index is 1.49. The summed E-state index contributed by atoms with van der Waals surface area (Å²) in [6.07, 6.45) is 6.51. The number of pyridine rings is 1. The number of piperidine rings is 1. The standard InChI is InChI=1S/C25H37N5O3/c1-16(2)15-30-22-21(24(32)28-25(30)33)19(14-20(27-22)18-6-7-18)23(31)26-10-4-5-11-29-12-8-17(3)9-13-29/h14,16-18H,4-13,15H2,1-3H3,(H,26,31)(H,28,32,33). The molecule has 1 saturated carbocycles. The molecule has 0 bridgehead atoms. The molecule has 33 heavy (non-hydrogen) atoms. The van der Waals surface area contributed by atoms with Crippen LogP contribution in [0.5, 0.6) is 0 Å². The van der Waals surface area contributed by atoms with Gasteiger partial charge in [0.2, 0.25) is 0 Å². The van der Waals surface area contributed by atoms with Crippen molar-refractivity contribution >= 4 is 16.9 Å². The van der Waals surface area contributed by atoms with Crippen molar-refractivity contribution in [1.82, 2.24) is 24.8 Å². The van der Waals surface area contributed by atoms with Gasteiger partial charge >= 0.3 is 5.69 Å². The normalized spacial score (nSPS) is 17.7. The smallest absolute Gasteiger partial charge is 0.330 e. The number of fused-ring (bicyclic) bond motifs is 1. The van der Waals surface area contributed by atoms with Gasteiger partial charge in [-0.2, -0.15) is 0 Å². The first kappa shape index (κ1) is 23.7. The van der Waals surface area contributed by atoms with E-state index >= 15 is 0 Å². The molecule has 8 nitrogen and oxygen atoms in total. The van der Waals surface area contributed by atoms with Gasteiger partial charge < -0.3 is 10.2 Å². The van der Waals surface area contributed by atoms with Crippen molar-refractivity contribution in [1.29, 1.82) is 0 Å². The van der Waals surface area contributed by atoms with Crippen LogP contribution < -0.4 is 16.6 Å². The highest BCUT2D eigenvalue weighted by molar-refractivity contribution is 6.05. The Labute approximate surface area is 194 Å². The van der Waals surface area contributed by atoms with Crippen LogP contribution in [0.1, 0.15) is 81.3 Å². The summed E-state index contributed by atoms with van der Waals surface area (Å²) in [5.41, 5.74) is 0.431. The van der Waals surface area contributed by atoms with Crippen LogP contribution >= 0.6 is 0 Å². The SMILES string of the molecule is CC(C)Cn1c(=O)[nH]c(=O)c2c(C(=O)NCCCCN3CCC(C)CC3)cc(C3CC3)nc21. The lowest BCUT2D eigenvalue weighted by atomic mass is 9.99. The second kappa shape index (κ2) is 10.2. The number of amides is 1. The molecule has 1 saturated heterocycles. The first-order chi connectivity index (χ1) is 15.8. The quantitative estimate of drug-likeness (QED) is 0.567. The number of nitrogens with one attached hydrogen (secondary N) is 2. The molecule has 180 valence electrons. The van der Waals surface area contributed by atoms with Crippen LogP contribution in [-0.4, -0.2) is 51.5 Å². The molecular weight excluding hydrogens is 418 g/mol. The molecule has 2 N–H and O–H groups in total. The van der Waals surface area contributed by atoms with Gasteiger partial charge in [0, 0.05) is 24.7 Å². The number of hydrogen-bond donors (Lipinski definition) is 2. The number of H-pyrrole nitrogens is 1. The van der Waals surface area contributed by atoms with E-state index in [9.17, 15) is 14.4 Å².